The number of benzene rings is 1. The SMILES string of the molecule is CC(C)Oc1ccc(-c2ncc(C3=CCCC4=C3CCC4)s2)cc1C#N. The molecular formula is C22H22N2OS. The molecule has 26 heavy (non-hydrogen) atoms. The van der Waals surface area contributed by atoms with Crippen molar-refractivity contribution in [3.8, 4) is 22.4 Å². The highest BCUT2D eigenvalue weighted by atomic mass is 32.1. The van der Waals surface area contributed by atoms with E-state index in [0.29, 0.717) is 11.3 Å². The molecule has 2 aromatic rings. The van der Waals surface area contributed by atoms with Crippen molar-refractivity contribution in [1.29, 1.82) is 5.26 Å². The van der Waals surface area contributed by atoms with Crippen molar-refractivity contribution in [3.63, 3.8) is 0 Å². The maximum absolute atomic E-state index is 9.45. The zero-order chi connectivity index (χ0) is 18.1. The molecule has 4 rings (SSSR count). The number of nitriles is 1. The Morgan fingerprint density at radius 3 is 2.92 bits per heavy atom. The van der Waals surface area contributed by atoms with Crippen LogP contribution in [0.1, 0.15) is 56.4 Å². The van der Waals surface area contributed by atoms with Gasteiger partial charge in [0.1, 0.15) is 16.8 Å². The minimum atomic E-state index is 0.0477. The first kappa shape index (κ1) is 17.1. The number of aromatic nitrogens is 1. The van der Waals surface area contributed by atoms with Gasteiger partial charge in [-0.2, -0.15) is 5.26 Å². The highest BCUT2D eigenvalue weighted by molar-refractivity contribution is 7.16. The van der Waals surface area contributed by atoms with E-state index in [1.54, 1.807) is 22.5 Å². The van der Waals surface area contributed by atoms with Crippen LogP contribution in [0.4, 0.5) is 0 Å². The first-order valence-electron chi connectivity index (χ1n) is 9.24. The molecule has 0 radical (unpaired) electrons. The summed E-state index contributed by atoms with van der Waals surface area (Å²) < 4.78 is 5.72. The summed E-state index contributed by atoms with van der Waals surface area (Å²) in [6, 6.07) is 8.01. The molecule has 132 valence electrons. The summed E-state index contributed by atoms with van der Waals surface area (Å²) in [5, 5.41) is 10.4. The van der Waals surface area contributed by atoms with Gasteiger partial charge in [0.15, 0.2) is 0 Å². The zero-order valence-electron chi connectivity index (χ0n) is 15.2. The van der Waals surface area contributed by atoms with E-state index in [9.17, 15) is 5.26 Å². The summed E-state index contributed by atoms with van der Waals surface area (Å²) in [6.07, 6.45) is 10.5. The fraction of sp³-hybridized carbons (Fsp3) is 0.364. The predicted molar refractivity (Wildman–Crippen MR) is 106 cm³/mol. The van der Waals surface area contributed by atoms with Crippen molar-refractivity contribution in [2.45, 2.75) is 52.1 Å². The molecule has 0 aliphatic heterocycles. The van der Waals surface area contributed by atoms with E-state index >= 15 is 0 Å². The monoisotopic (exact) mass is 362 g/mol. The van der Waals surface area contributed by atoms with Crippen molar-refractivity contribution in [2.24, 2.45) is 0 Å². The van der Waals surface area contributed by atoms with Crippen LogP contribution in [0, 0.1) is 11.3 Å². The van der Waals surface area contributed by atoms with Gasteiger partial charge in [0, 0.05) is 11.8 Å². The molecule has 1 aromatic heterocycles. The molecule has 0 fully saturated rings. The highest BCUT2D eigenvalue weighted by Gasteiger charge is 2.23. The molecule has 0 bridgehead atoms. The fourth-order valence-electron chi connectivity index (χ4n) is 3.81. The molecule has 0 atom stereocenters. The van der Waals surface area contributed by atoms with E-state index in [4.69, 9.17) is 4.74 Å². The maximum atomic E-state index is 9.45. The van der Waals surface area contributed by atoms with Crippen molar-refractivity contribution in [1.82, 2.24) is 4.98 Å². The average molecular weight is 362 g/mol. The van der Waals surface area contributed by atoms with Gasteiger partial charge < -0.3 is 4.74 Å². The Morgan fingerprint density at radius 1 is 1.23 bits per heavy atom. The Balaban J connectivity index is 1.65. The van der Waals surface area contributed by atoms with E-state index in [-0.39, 0.29) is 6.10 Å². The standard InChI is InChI=1S/C22H22N2OS/c1-14(2)25-20-10-9-16(11-17(20)12-23)22-24-13-21(26-22)19-8-4-6-15-5-3-7-18(15)19/h8-11,13-14H,3-7H2,1-2H3. The molecule has 2 aliphatic carbocycles. The van der Waals surface area contributed by atoms with E-state index in [1.165, 1.54) is 36.1 Å². The van der Waals surface area contributed by atoms with Crippen LogP contribution in [0.15, 0.2) is 41.6 Å². The lowest BCUT2D eigenvalue weighted by Crippen LogP contribution is -2.06. The van der Waals surface area contributed by atoms with Gasteiger partial charge in [-0.3, -0.25) is 0 Å². The van der Waals surface area contributed by atoms with Crippen LogP contribution < -0.4 is 4.74 Å². The van der Waals surface area contributed by atoms with Crippen molar-refractivity contribution >= 4 is 16.9 Å². The molecule has 0 saturated carbocycles. The molecular weight excluding hydrogens is 340 g/mol. The van der Waals surface area contributed by atoms with Crippen LogP contribution in [0.25, 0.3) is 16.1 Å². The summed E-state index contributed by atoms with van der Waals surface area (Å²) in [5.74, 6) is 0.638. The van der Waals surface area contributed by atoms with Crippen LogP contribution in [0.2, 0.25) is 0 Å². The smallest absolute Gasteiger partial charge is 0.137 e. The number of hydrogen-bond donors (Lipinski definition) is 0. The molecule has 2 aliphatic rings. The Hall–Kier alpha value is -2.38. The summed E-state index contributed by atoms with van der Waals surface area (Å²) in [7, 11) is 0. The molecule has 1 heterocycles. The lowest BCUT2D eigenvalue weighted by atomic mass is 9.92. The van der Waals surface area contributed by atoms with Gasteiger partial charge in [-0.1, -0.05) is 11.6 Å². The summed E-state index contributed by atoms with van der Waals surface area (Å²) in [6.45, 7) is 3.93. The second-order valence-corrected chi connectivity index (χ2v) is 8.14. The first-order valence-corrected chi connectivity index (χ1v) is 10.1. The molecule has 0 spiro atoms. The maximum Gasteiger partial charge on any atom is 0.137 e. The Morgan fingerprint density at radius 2 is 2.12 bits per heavy atom. The quantitative estimate of drug-likeness (QED) is 0.657. The second-order valence-electron chi connectivity index (χ2n) is 7.11. The van der Waals surface area contributed by atoms with Gasteiger partial charge in [-0.25, -0.2) is 4.98 Å². The van der Waals surface area contributed by atoms with E-state index in [1.807, 2.05) is 38.2 Å². The van der Waals surface area contributed by atoms with Gasteiger partial charge in [-0.15, -0.1) is 11.3 Å². The minimum Gasteiger partial charge on any atom is -0.490 e. The molecule has 0 saturated heterocycles. The van der Waals surface area contributed by atoms with Crippen LogP contribution >= 0.6 is 11.3 Å². The average Bonchev–Trinajstić information content (AvgIpc) is 3.30. The first-order chi connectivity index (χ1) is 12.7. The Labute approximate surface area is 158 Å². The van der Waals surface area contributed by atoms with Crippen LogP contribution in [-0.4, -0.2) is 11.1 Å². The van der Waals surface area contributed by atoms with Crippen molar-refractivity contribution in [3.05, 3.63) is 52.1 Å². The van der Waals surface area contributed by atoms with E-state index in [0.717, 1.165) is 17.0 Å². The van der Waals surface area contributed by atoms with Crippen molar-refractivity contribution in [2.75, 3.05) is 0 Å². The number of ether oxygens (including phenoxy) is 1. The number of hydrogen-bond acceptors (Lipinski definition) is 4. The third kappa shape index (κ3) is 3.20. The summed E-state index contributed by atoms with van der Waals surface area (Å²) in [4.78, 5) is 5.89. The lowest BCUT2D eigenvalue weighted by Gasteiger charge is -2.15. The fourth-order valence-corrected chi connectivity index (χ4v) is 4.79. The Bertz CT molecular complexity index is 943. The molecule has 0 amide bonds. The van der Waals surface area contributed by atoms with Gasteiger partial charge >= 0.3 is 0 Å². The zero-order valence-corrected chi connectivity index (χ0v) is 16.0. The molecule has 4 heteroatoms. The van der Waals surface area contributed by atoms with Gasteiger partial charge in [-0.05, 0) is 75.3 Å². The lowest BCUT2D eigenvalue weighted by molar-refractivity contribution is 0.242. The predicted octanol–water partition coefficient (Wildman–Crippen LogP) is 6.13. The minimum absolute atomic E-state index is 0.0477. The van der Waals surface area contributed by atoms with Gasteiger partial charge in [0.2, 0.25) is 0 Å². The van der Waals surface area contributed by atoms with Crippen LogP contribution in [0.3, 0.4) is 0 Å². The second kappa shape index (κ2) is 7.09. The molecule has 0 unspecified atom stereocenters. The molecule has 3 nitrogen and oxygen atoms in total. The number of rotatable bonds is 4. The van der Waals surface area contributed by atoms with Gasteiger partial charge in [0.25, 0.3) is 0 Å². The number of nitrogens with zero attached hydrogens (tertiary/aromatic N) is 2. The topological polar surface area (TPSA) is 45.9 Å². The number of thiazole rings is 1. The summed E-state index contributed by atoms with van der Waals surface area (Å²) >= 11 is 1.72. The third-order valence-corrected chi connectivity index (χ3v) is 6.01. The number of allylic oxidation sites excluding steroid dienone is 4. The molecule has 0 N–H and O–H groups in total. The van der Waals surface area contributed by atoms with Crippen LogP contribution in [0.5, 0.6) is 5.75 Å². The normalized spacial score (nSPS) is 16.5. The Kier molecular flexibility index (Phi) is 4.65. The van der Waals surface area contributed by atoms with E-state index < -0.39 is 0 Å². The van der Waals surface area contributed by atoms with E-state index in [2.05, 4.69) is 17.1 Å². The largest absolute Gasteiger partial charge is 0.490 e. The van der Waals surface area contributed by atoms with Crippen LogP contribution in [-0.2, 0) is 0 Å². The summed E-state index contributed by atoms with van der Waals surface area (Å²) in [5.41, 5.74) is 6.15. The highest BCUT2D eigenvalue weighted by Crippen LogP contribution is 2.44. The third-order valence-electron chi connectivity index (χ3n) is 4.93. The van der Waals surface area contributed by atoms with Crippen molar-refractivity contribution < 1.29 is 4.74 Å². The van der Waals surface area contributed by atoms with Gasteiger partial charge in [0.05, 0.1) is 16.5 Å². The molecule has 1 aromatic carbocycles.